The highest BCUT2D eigenvalue weighted by molar-refractivity contribution is 5.75. The Morgan fingerprint density at radius 3 is 2.32 bits per heavy atom. The molecule has 1 N–H and O–H groups in total. The first kappa shape index (κ1) is 18.1. The Morgan fingerprint density at radius 2 is 1.72 bits per heavy atom. The van der Waals surface area contributed by atoms with E-state index < -0.39 is 0 Å². The van der Waals surface area contributed by atoms with Crippen LogP contribution in [0.4, 0.5) is 4.79 Å². The maximum atomic E-state index is 13.0. The number of benzene rings is 1. The summed E-state index contributed by atoms with van der Waals surface area (Å²) in [5, 5.41) is 3.29. The monoisotopic (exact) mass is 344 g/mol. The maximum absolute atomic E-state index is 13.0. The second-order valence-corrected chi connectivity index (χ2v) is 7.82. The first-order chi connectivity index (χ1) is 12.2. The highest BCUT2D eigenvalue weighted by Gasteiger charge is 2.29. The molecular formula is C21H32N2O2. The van der Waals surface area contributed by atoms with Crippen molar-refractivity contribution in [2.24, 2.45) is 5.92 Å². The van der Waals surface area contributed by atoms with Gasteiger partial charge in [-0.2, -0.15) is 0 Å². The SMILES string of the molecule is COc1ccc(CN(C(=O)NC2CCCC2)C2CCC(C)CC2)cc1. The second-order valence-electron chi connectivity index (χ2n) is 7.82. The van der Waals surface area contributed by atoms with Crippen molar-refractivity contribution in [2.75, 3.05) is 7.11 Å². The van der Waals surface area contributed by atoms with Crippen molar-refractivity contribution in [3.05, 3.63) is 29.8 Å². The lowest BCUT2D eigenvalue weighted by Crippen LogP contribution is -2.49. The van der Waals surface area contributed by atoms with Crippen LogP contribution in [0.5, 0.6) is 5.75 Å². The third-order valence-electron chi connectivity index (χ3n) is 5.88. The number of carbonyl (C=O) groups excluding carboxylic acids is 1. The molecule has 25 heavy (non-hydrogen) atoms. The maximum Gasteiger partial charge on any atom is 0.318 e. The summed E-state index contributed by atoms with van der Waals surface area (Å²) in [6.45, 7) is 3.00. The molecule has 0 heterocycles. The van der Waals surface area contributed by atoms with E-state index in [-0.39, 0.29) is 6.03 Å². The van der Waals surface area contributed by atoms with E-state index >= 15 is 0 Å². The number of hydrogen-bond acceptors (Lipinski definition) is 2. The molecule has 2 aliphatic rings. The molecule has 4 nitrogen and oxygen atoms in total. The van der Waals surface area contributed by atoms with Crippen molar-refractivity contribution in [3.63, 3.8) is 0 Å². The highest BCUT2D eigenvalue weighted by atomic mass is 16.5. The molecule has 2 fully saturated rings. The number of carbonyl (C=O) groups is 1. The molecule has 138 valence electrons. The van der Waals surface area contributed by atoms with Gasteiger partial charge in [0.15, 0.2) is 0 Å². The number of amides is 2. The van der Waals surface area contributed by atoms with E-state index in [1.165, 1.54) is 31.2 Å². The number of nitrogens with zero attached hydrogens (tertiary/aromatic N) is 1. The van der Waals surface area contributed by atoms with Gasteiger partial charge in [0.2, 0.25) is 0 Å². The van der Waals surface area contributed by atoms with Crippen LogP contribution in [0, 0.1) is 5.92 Å². The van der Waals surface area contributed by atoms with Crippen molar-refractivity contribution in [3.8, 4) is 5.75 Å². The molecule has 2 saturated carbocycles. The van der Waals surface area contributed by atoms with Gasteiger partial charge in [-0.1, -0.05) is 31.9 Å². The average molecular weight is 344 g/mol. The molecule has 0 radical (unpaired) electrons. The topological polar surface area (TPSA) is 41.6 Å². The molecule has 3 rings (SSSR count). The summed E-state index contributed by atoms with van der Waals surface area (Å²) in [6, 6.07) is 8.95. The smallest absolute Gasteiger partial charge is 0.318 e. The molecule has 2 amide bonds. The van der Waals surface area contributed by atoms with E-state index in [4.69, 9.17) is 4.74 Å². The van der Waals surface area contributed by atoms with Crippen molar-refractivity contribution in [1.82, 2.24) is 10.2 Å². The van der Waals surface area contributed by atoms with Crippen molar-refractivity contribution >= 4 is 6.03 Å². The Morgan fingerprint density at radius 1 is 1.08 bits per heavy atom. The van der Waals surface area contributed by atoms with E-state index in [1.54, 1.807) is 7.11 Å². The molecule has 2 aliphatic carbocycles. The van der Waals surface area contributed by atoms with Gasteiger partial charge in [0, 0.05) is 18.6 Å². The summed E-state index contributed by atoms with van der Waals surface area (Å²) in [6.07, 6.45) is 9.42. The molecule has 0 spiro atoms. The first-order valence-electron chi connectivity index (χ1n) is 9.85. The molecule has 0 bridgehead atoms. The summed E-state index contributed by atoms with van der Waals surface area (Å²) in [4.78, 5) is 15.1. The van der Waals surface area contributed by atoms with E-state index in [9.17, 15) is 4.79 Å². The minimum Gasteiger partial charge on any atom is -0.497 e. The lowest BCUT2D eigenvalue weighted by molar-refractivity contribution is 0.138. The number of methoxy groups -OCH3 is 1. The Hall–Kier alpha value is -1.71. The Balaban J connectivity index is 1.69. The molecule has 0 saturated heterocycles. The summed E-state index contributed by atoms with van der Waals surface area (Å²) in [7, 11) is 1.68. The molecule has 0 unspecified atom stereocenters. The van der Waals surface area contributed by atoms with Gasteiger partial charge in [0.05, 0.1) is 7.11 Å². The van der Waals surface area contributed by atoms with Crippen LogP contribution in [0.25, 0.3) is 0 Å². The molecule has 0 aliphatic heterocycles. The minimum absolute atomic E-state index is 0.127. The van der Waals surface area contributed by atoms with Crippen molar-refractivity contribution in [2.45, 2.75) is 76.9 Å². The van der Waals surface area contributed by atoms with Crippen LogP contribution < -0.4 is 10.1 Å². The number of urea groups is 1. The van der Waals surface area contributed by atoms with Crippen molar-refractivity contribution in [1.29, 1.82) is 0 Å². The number of rotatable bonds is 5. The molecule has 4 heteroatoms. The number of hydrogen-bond donors (Lipinski definition) is 1. The predicted molar refractivity (Wildman–Crippen MR) is 101 cm³/mol. The van der Waals surface area contributed by atoms with Gasteiger partial charge in [0.25, 0.3) is 0 Å². The standard InChI is InChI=1S/C21H32N2O2/c1-16-7-11-19(12-8-16)23(21(24)22-18-5-3-4-6-18)15-17-9-13-20(25-2)14-10-17/h9-10,13-14,16,18-19H,3-8,11-12,15H2,1-2H3,(H,22,24). The van der Waals surface area contributed by atoms with Crippen molar-refractivity contribution < 1.29 is 9.53 Å². The minimum atomic E-state index is 0.127. The average Bonchev–Trinajstić information content (AvgIpc) is 3.14. The fourth-order valence-electron chi connectivity index (χ4n) is 4.18. The predicted octanol–water partition coefficient (Wildman–Crippen LogP) is 4.73. The normalized spacial score (nSPS) is 24.1. The molecule has 0 atom stereocenters. The van der Waals surface area contributed by atoms with Crippen LogP contribution in [0.15, 0.2) is 24.3 Å². The molecule has 0 aromatic heterocycles. The lowest BCUT2D eigenvalue weighted by atomic mass is 9.86. The fourth-order valence-corrected chi connectivity index (χ4v) is 4.18. The van der Waals surface area contributed by atoms with Crippen LogP contribution >= 0.6 is 0 Å². The molecular weight excluding hydrogens is 312 g/mol. The Bertz CT molecular complexity index is 544. The van der Waals surface area contributed by atoms with Gasteiger partial charge in [-0.3, -0.25) is 0 Å². The zero-order chi connectivity index (χ0) is 17.6. The van der Waals surface area contributed by atoms with E-state index in [2.05, 4.69) is 29.3 Å². The van der Waals surface area contributed by atoms with Crippen LogP contribution in [0.3, 0.4) is 0 Å². The largest absolute Gasteiger partial charge is 0.497 e. The quantitative estimate of drug-likeness (QED) is 0.839. The lowest BCUT2D eigenvalue weighted by Gasteiger charge is -2.37. The van der Waals surface area contributed by atoms with Gasteiger partial charge < -0.3 is 15.0 Å². The first-order valence-corrected chi connectivity index (χ1v) is 9.85. The van der Waals surface area contributed by atoms with Crippen LogP contribution in [-0.4, -0.2) is 30.1 Å². The van der Waals surface area contributed by atoms with Gasteiger partial charge in [-0.25, -0.2) is 4.79 Å². The Kier molecular flexibility index (Phi) is 6.22. The summed E-state index contributed by atoms with van der Waals surface area (Å²) in [5.74, 6) is 1.65. The second kappa shape index (κ2) is 8.59. The van der Waals surface area contributed by atoms with Gasteiger partial charge in [-0.05, 0) is 62.1 Å². The van der Waals surface area contributed by atoms with E-state index in [1.807, 2.05) is 12.1 Å². The van der Waals surface area contributed by atoms with Gasteiger partial charge in [0.1, 0.15) is 5.75 Å². The molecule has 1 aromatic rings. The van der Waals surface area contributed by atoms with Crippen LogP contribution in [-0.2, 0) is 6.54 Å². The van der Waals surface area contributed by atoms with Crippen LogP contribution in [0.2, 0.25) is 0 Å². The molecule has 1 aromatic carbocycles. The third-order valence-corrected chi connectivity index (χ3v) is 5.88. The Labute approximate surface area is 151 Å². The number of ether oxygens (including phenoxy) is 1. The summed E-state index contributed by atoms with van der Waals surface area (Å²) < 4.78 is 5.25. The zero-order valence-electron chi connectivity index (χ0n) is 15.7. The fraction of sp³-hybridized carbons (Fsp3) is 0.667. The van der Waals surface area contributed by atoms with Gasteiger partial charge in [-0.15, -0.1) is 0 Å². The summed E-state index contributed by atoms with van der Waals surface area (Å²) >= 11 is 0. The zero-order valence-corrected chi connectivity index (χ0v) is 15.7. The summed E-state index contributed by atoms with van der Waals surface area (Å²) in [5.41, 5.74) is 1.17. The number of nitrogens with one attached hydrogen (secondary N) is 1. The van der Waals surface area contributed by atoms with Gasteiger partial charge >= 0.3 is 6.03 Å². The van der Waals surface area contributed by atoms with Crippen LogP contribution in [0.1, 0.15) is 63.9 Å². The van der Waals surface area contributed by atoms with E-state index in [0.717, 1.165) is 37.4 Å². The van der Waals surface area contributed by atoms with E-state index in [0.29, 0.717) is 18.6 Å². The third kappa shape index (κ3) is 4.90. The highest BCUT2D eigenvalue weighted by Crippen LogP contribution is 2.29.